The standard InChI is InChI=1S/C15H20O3/c1-9-5-4-6-10(2)13(16)8-12-11(3)15(17)18-14(12)7-9/h5,10,14H,4,6-8H2,1-3H3/b9-5+/t10-,14+/m0/s1. The van der Waals surface area contributed by atoms with E-state index in [1.165, 1.54) is 5.57 Å². The lowest BCUT2D eigenvalue weighted by Gasteiger charge is -2.18. The Bertz CT molecular complexity index is 443. The average molecular weight is 248 g/mol. The van der Waals surface area contributed by atoms with Crippen LogP contribution in [0.5, 0.6) is 0 Å². The third-order valence-corrected chi connectivity index (χ3v) is 3.94. The summed E-state index contributed by atoms with van der Waals surface area (Å²) in [5.41, 5.74) is 2.77. The van der Waals surface area contributed by atoms with Crippen molar-refractivity contribution < 1.29 is 14.3 Å². The number of rotatable bonds is 0. The third kappa shape index (κ3) is 2.55. The molecule has 0 N–H and O–H groups in total. The molecule has 0 saturated heterocycles. The van der Waals surface area contributed by atoms with Crippen LogP contribution >= 0.6 is 0 Å². The Hall–Kier alpha value is -1.38. The van der Waals surface area contributed by atoms with Gasteiger partial charge in [0, 0.05) is 24.3 Å². The van der Waals surface area contributed by atoms with Crippen LogP contribution in [0.2, 0.25) is 0 Å². The number of allylic oxidation sites excluding steroid dienone is 1. The first-order valence-corrected chi connectivity index (χ1v) is 6.58. The number of carbonyl (C=O) groups is 2. The van der Waals surface area contributed by atoms with E-state index in [1.54, 1.807) is 6.92 Å². The van der Waals surface area contributed by atoms with Crippen LogP contribution in [0.15, 0.2) is 22.8 Å². The molecule has 2 rings (SSSR count). The molecule has 2 atom stereocenters. The van der Waals surface area contributed by atoms with E-state index in [4.69, 9.17) is 4.74 Å². The third-order valence-electron chi connectivity index (χ3n) is 3.94. The van der Waals surface area contributed by atoms with Gasteiger partial charge in [0.2, 0.25) is 0 Å². The highest BCUT2D eigenvalue weighted by atomic mass is 16.5. The first kappa shape index (κ1) is 13.1. The SMILES string of the molecule is CC1=C2CC(=O)[C@@H](C)CC/C=C(\C)C[C@H]2OC1=O. The molecule has 98 valence electrons. The zero-order valence-electron chi connectivity index (χ0n) is 11.3. The van der Waals surface area contributed by atoms with Crippen molar-refractivity contribution >= 4 is 11.8 Å². The molecular weight excluding hydrogens is 228 g/mol. The maximum atomic E-state index is 12.1. The van der Waals surface area contributed by atoms with Gasteiger partial charge in [-0.25, -0.2) is 4.79 Å². The molecule has 1 aliphatic heterocycles. The molecule has 1 aliphatic carbocycles. The fraction of sp³-hybridized carbons (Fsp3) is 0.600. The quantitative estimate of drug-likeness (QED) is 0.489. The van der Waals surface area contributed by atoms with E-state index >= 15 is 0 Å². The number of esters is 1. The highest BCUT2D eigenvalue weighted by molar-refractivity contribution is 5.94. The van der Waals surface area contributed by atoms with Crippen LogP contribution in [0, 0.1) is 5.92 Å². The summed E-state index contributed by atoms with van der Waals surface area (Å²) in [5, 5.41) is 0. The van der Waals surface area contributed by atoms with Crippen molar-refractivity contribution in [3.8, 4) is 0 Å². The van der Waals surface area contributed by atoms with E-state index in [2.05, 4.69) is 13.0 Å². The first-order valence-electron chi connectivity index (χ1n) is 6.58. The predicted octanol–water partition coefficient (Wildman–Crippen LogP) is 2.95. The second-order valence-corrected chi connectivity index (χ2v) is 5.42. The molecule has 0 aromatic rings. The number of Topliss-reactive ketones (excluding diaryl/α,β-unsaturated/α-hetero) is 1. The van der Waals surface area contributed by atoms with Gasteiger partial charge in [0.25, 0.3) is 0 Å². The Morgan fingerprint density at radius 3 is 2.72 bits per heavy atom. The molecular formula is C15H20O3. The Morgan fingerprint density at radius 2 is 2.00 bits per heavy atom. The van der Waals surface area contributed by atoms with Gasteiger partial charge in [0.15, 0.2) is 0 Å². The number of hydrogen-bond donors (Lipinski definition) is 0. The first-order chi connectivity index (χ1) is 8.49. The van der Waals surface area contributed by atoms with E-state index in [1.807, 2.05) is 6.92 Å². The molecule has 2 aliphatic rings. The largest absolute Gasteiger partial charge is 0.454 e. The second-order valence-electron chi connectivity index (χ2n) is 5.42. The second kappa shape index (κ2) is 5.09. The van der Waals surface area contributed by atoms with Gasteiger partial charge in [0.05, 0.1) is 0 Å². The molecule has 0 unspecified atom stereocenters. The lowest BCUT2D eigenvalue weighted by Crippen LogP contribution is -2.19. The monoisotopic (exact) mass is 248 g/mol. The molecule has 0 radical (unpaired) electrons. The van der Waals surface area contributed by atoms with Crippen molar-refractivity contribution in [2.24, 2.45) is 5.92 Å². The molecule has 0 fully saturated rings. The van der Waals surface area contributed by atoms with Crippen LogP contribution in [-0.4, -0.2) is 17.9 Å². The summed E-state index contributed by atoms with van der Waals surface area (Å²) in [6, 6.07) is 0. The molecule has 3 heteroatoms. The normalized spacial score (nSPS) is 32.7. The smallest absolute Gasteiger partial charge is 0.334 e. The van der Waals surface area contributed by atoms with Crippen molar-refractivity contribution in [1.29, 1.82) is 0 Å². The molecule has 0 saturated carbocycles. The van der Waals surface area contributed by atoms with E-state index in [9.17, 15) is 9.59 Å². The summed E-state index contributed by atoms with van der Waals surface area (Å²) in [7, 11) is 0. The lowest BCUT2D eigenvalue weighted by atomic mass is 9.88. The Labute approximate surface area is 108 Å². The topological polar surface area (TPSA) is 43.4 Å². The molecule has 1 heterocycles. The van der Waals surface area contributed by atoms with Crippen LogP contribution in [0.25, 0.3) is 0 Å². The van der Waals surface area contributed by atoms with Crippen molar-refractivity contribution in [1.82, 2.24) is 0 Å². The highest BCUT2D eigenvalue weighted by Crippen LogP contribution is 2.32. The van der Waals surface area contributed by atoms with E-state index in [-0.39, 0.29) is 23.8 Å². The Morgan fingerprint density at radius 1 is 1.28 bits per heavy atom. The number of carbonyl (C=O) groups excluding carboxylic acids is 2. The zero-order valence-corrected chi connectivity index (χ0v) is 11.3. The molecule has 0 amide bonds. The summed E-state index contributed by atoms with van der Waals surface area (Å²) in [6.07, 6.45) is 4.85. The van der Waals surface area contributed by atoms with Crippen molar-refractivity contribution in [3.63, 3.8) is 0 Å². The van der Waals surface area contributed by atoms with Crippen LogP contribution in [0.4, 0.5) is 0 Å². The fourth-order valence-electron chi connectivity index (χ4n) is 2.55. The van der Waals surface area contributed by atoms with Gasteiger partial charge in [-0.2, -0.15) is 0 Å². The van der Waals surface area contributed by atoms with Crippen LogP contribution in [-0.2, 0) is 14.3 Å². The number of fused-ring (bicyclic) bond motifs is 1. The van der Waals surface area contributed by atoms with Gasteiger partial charge in [-0.05, 0) is 32.3 Å². The Balaban J connectivity index is 2.31. The molecule has 18 heavy (non-hydrogen) atoms. The minimum absolute atomic E-state index is 0.0591. The maximum absolute atomic E-state index is 12.1. The number of ketones is 1. The average Bonchev–Trinajstić information content (AvgIpc) is 2.56. The van der Waals surface area contributed by atoms with E-state index in [0.717, 1.165) is 24.8 Å². The summed E-state index contributed by atoms with van der Waals surface area (Å²) < 4.78 is 5.36. The van der Waals surface area contributed by atoms with Gasteiger partial charge in [-0.15, -0.1) is 0 Å². The van der Waals surface area contributed by atoms with Crippen LogP contribution < -0.4 is 0 Å². The highest BCUT2D eigenvalue weighted by Gasteiger charge is 2.33. The maximum Gasteiger partial charge on any atom is 0.334 e. The van der Waals surface area contributed by atoms with Crippen molar-refractivity contribution in [2.75, 3.05) is 0 Å². The van der Waals surface area contributed by atoms with E-state index < -0.39 is 0 Å². The van der Waals surface area contributed by atoms with Crippen LogP contribution in [0.1, 0.15) is 46.5 Å². The van der Waals surface area contributed by atoms with Gasteiger partial charge in [0.1, 0.15) is 11.9 Å². The molecule has 0 aromatic carbocycles. The number of ether oxygens (including phenoxy) is 1. The van der Waals surface area contributed by atoms with Gasteiger partial charge in [-0.3, -0.25) is 4.79 Å². The molecule has 3 nitrogen and oxygen atoms in total. The molecule has 0 bridgehead atoms. The lowest BCUT2D eigenvalue weighted by molar-refractivity contribution is -0.139. The van der Waals surface area contributed by atoms with E-state index in [0.29, 0.717) is 12.0 Å². The fourth-order valence-corrected chi connectivity index (χ4v) is 2.55. The minimum Gasteiger partial charge on any atom is -0.454 e. The van der Waals surface area contributed by atoms with Crippen molar-refractivity contribution in [3.05, 3.63) is 22.8 Å². The summed E-state index contributed by atoms with van der Waals surface area (Å²) >= 11 is 0. The number of hydrogen-bond acceptors (Lipinski definition) is 3. The van der Waals surface area contributed by atoms with Crippen molar-refractivity contribution in [2.45, 2.75) is 52.6 Å². The summed E-state index contributed by atoms with van der Waals surface area (Å²) in [6.45, 7) is 5.79. The predicted molar refractivity (Wildman–Crippen MR) is 69.0 cm³/mol. The molecule has 0 aromatic heterocycles. The minimum atomic E-state index is -0.262. The van der Waals surface area contributed by atoms with Gasteiger partial charge in [-0.1, -0.05) is 18.6 Å². The van der Waals surface area contributed by atoms with Crippen LogP contribution in [0.3, 0.4) is 0 Å². The summed E-state index contributed by atoms with van der Waals surface area (Å²) in [5.74, 6) is 0.0203. The van der Waals surface area contributed by atoms with Gasteiger partial charge < -0.3 is 4.74 Å². The Kier molecular flexibility index (Phi) is 3.69. The molecule has 0 spiro atoms. The van der Waals surface area contributed by atoms with Gasteiger partial charge >= 0.3 is 5.97 Å². The summed E-state index contributed by atoms with van der Waals surface area (Å²) in [4.78, 5) is 23.7. The zero-order chi connectivity index (χ0) is 13.3.